The predicted molar refractivity (Wildman–Crippen MR) is 90.5 cm³/mol. The van der Waals surface area contributed by atoms with Crippen molar-refractivity contribution < 1.29 is 19.4 Å². The van der Waals surface area contributed by atoms with Crippen molar-refractivity contribution >= 4 is 23.5 Å². The molecular formula is C16H22ClN3O4. The number of rotatable bonds is 8. The Morgan fingerprint density at radius 2 is 1.83 bits per heavy atom. The maximum absolute atomic E-state index is 11.6. The Hall–Kier alpha value is -1.83. The second-order valence-corrected chi connectivity index (χ2v) is 5.97. The van der Waals surface area contributed by atoms with Gasteiger partial charge in [0.25, 0.3) is 0 Å². The van der Waals surface area contributed by atoms with E-state index in [4.69, 9.17) is 21.4 Å². The molecule has 0 saturated carbocycles. The fourth-order valence-electron chi connectivity index (χ4n) is 2.45. The molecule has 8 heteroatoms. The van der Waals surface area contributed by atoms with Crippen molar-refractivity contribution in [1.29, 1.82) is 0 Å². The zero-order valence-electron chi connectivity index (χ0n) is 13.4. The van der Waals surface area contributed by atoms with Gasteiger partial charge in [-0.05, 0) is 12.1 Å². The summed E-state index contributed by atoms with van der Waals surface area (Å²) in [6.07, 6.45) is 0. The number of nitrogens with zero attached hydrogens (tertiary/aromatic N) is 2. The third-order valence-corrected chi connectivity index (χ3v) is 4.08. The Balaban J connectivity index is 1.61. The smallest absolute Gasteiger partial charge is 0.322 e. The van der Waals surface area contributed by atoms with Crippen LogP contribution in [0, 0.1) is 0 Å². The number of carbonyl (C=O) groups is 2. The van der Waals surface area contributed by atoms with Gasteiger partial charge in [0.1, 0.15) is 18.9 Å². The molecular weight excluding hydrogens is 334 g/mol. The van der Waals surface area contributed by atoms with E-state index in [1.165, 1.54) is 0 Å². The lowest BCUT2D eigenvalue weighted by molar-refractivity contribution is -0.138. The molecule has 1 amide bonds. The molecule has 0 unspecified atom stereocenters. The lowest BCUT2D eigenvalue weighted by Gasteiger charge is -2.34. The summed E-state index contributed by atoms with van der Waals surface area (Å²) in [7, 11) is 0. The van der Waals surface area contributed by atoms with Gasteiger partial charge in [0.05, 0.1) is 11.6 Å². The van der Waals surface area contributed by atoms with E-state index in [9.17, 15) is 9.59 Å². The lowest BCUT2D eigenvalue weighted by Crippen LogP contribution is -2.50. The van der Waals surface area contributed by atoms with Crippen LogP contribution in [0.2, 0.25) is 5.02 Å². The molecule has 132 valence electrons. The number of carbonyl (C=O) groups excluding carboxylic acids is 1. The molecule has 0 atom stereocenters. The summed E-state index contributed by atoms with van der Waals surface area (Å²) >= 11 is 6.04. The van der Waals surface area contributed by atoms with E-state index < -0.39 is 5.97 Å². The van der Waals surface area contributed by atoms with Crippen molar-refractivity contribution in [2.75, 3.05) is 52.4 Å². The van der Waals surface area contributed by atoms with Gasteiger partial charge in [-0.25, -0.2) is 0 Å². The van der Waals surface area contributed by atoms with Gasteiger partial charge in [-0.15, -0.1) is 0 Å². The van der Waals surface area contributed by atoms with E-state index in [2.05, 4.69) is 10.2 Å². The van der Waals surface area contributed by atoms with Gasteiger partial charge in [0, 0.05) is 32.7 Å². The monoisotopic (exact) mass is 355 g/mol. The Morgan fingerprint density at radius 1 is 1.17 bits per heavy atom. The van der Waals surface area contributed by atoms with Gasteiger partial charge in [-0.2, -0.15) is 0 Å². The highest BCUT2D eigenvalue weighted by Crippen LogP contribution is 2.22. The highest BCUT2D eigenvalue weighted by atomic mass is 35.5. The summed E-state index contributed by atoms with van der Waals surface area (Å²) in [5, 5.41) is 11.5. The van der Waals surface area contributed by atoms with E-state index >= 15 is 0 Å². The minimum absolute atomic E-state index is 0.233. The molecule has 0 bridgehead atoms. The van der Waals surface area contributed by atoms with Crippen molar-refractivity contribution in [2.45, 2.75) is 0 Å². The standard InChI is InChI=1S/C16H22ClN3O4/c17-13-3-1-2-4-14(13)24-10-9-19-5-7-20(8-6-19)12-15(21)18-11-16(22)23/h1-4H,5-12H2,(H,18,21)(H,22,23). The van der Waals surface area contributed by atoms with Crippen molar-refractivity contribution in [3.8, 4) is 5.75 Å². The number of amides is 1. The van der Waals surface area contributed by atoms with Crippen LogP contribution in [0.15, 0.2) is 24.3 Å². The van der Waals surface area contributed by atoms with Crippen LogP contribution in [-0.2, 0) is 9.59 Å². The normalized spacial score (nSPS) is 15.9. The molecule has 7 nitrogen and oxygen atoms in total. The number of benzene rings is 1. The molecule has 0 spiro atoms. The third kappa shape index (κ3) is 6.35. The molecule has 1 aromatic rings. The van der Waals surface area contributed by atoms with E-state index in [-0.39, 0.29) is 19.0 Å². The predicted octanol–water partition coefficient (Wildman–Crippen LogP) is 0.537. The van der Waals surface area contributed by atoms with Crippen LogP contribution in [0.3, 0.4) is 0 Å². The average molecular weight is 356 g/mol. The Morgan fingerprint density at radius 3 is 2.50 bits per heavy atom. The molecule has 2 N–H and O–H groups in total. The largest absolute Gasteiger partial charge is 0.491 e. The number of hydrogen-bond donors (Lipinski definition) is 2. The molecule has 0 radical (unpaired) electrons. The molecule has 1 aromatic carbocycles. The SMILES string of the molecule is O=C(O)CNC(=O)CN1CCN(CCOc2ccccc2Cl)CC1. The number of carboxylic acids is 1. The van der Waals surface area contributed by atoms with Crippen molar-refractivity contribution in [3.05, 3.63) is 29.3 Å². The Bertz CT molecular complexity index is 562. The minimum atomic E-state index is -1.04. The van der Waals surface area contributed by atoms with Crippen molar-refractivity contribution in [1.82, 2.24) is 15.1 Å². The molecule has 0 aliphatic carbocycles. The van der Waals surface area contributed by atoms with Gasteiger partial charge in [0.2, 0.25) is 5.91 Å². The Kier molecular flexibility index (Phi) is 7.30. The molecule has 1 aliphatic heterocycles. The van der Waals surface area contributed by atoms with Gasteiger partial charge < -0.3 is 15.2 Å². The molecule has 0 aromatic heterocycles. The second-order valence-electron chi connectivity index (χ2n) is 5.57. The van der Waals surface area contributed by atoms with E-state index in [0.717, 1.165) is 32.7 Å². The van der Waals surface area contributed by atoms with Crippen LogP contribution in [0.1, 0.15) is 0 Å². The molecule has 2 rings (SSSR count). The summed E-state index contributed by atoms with van der Waals surface area (Å²) in [5.74, 6) is -0.604. The van der Waals surface area contributed by atoms with Gasteiger partial charge >= 0.3 is 5.97 Å². The lowest BCUT2D eigenvalue weighted by atomic mass is 10.3. The van der Waals surface area contributed by atoms with Gasteiger partial charge in [-0.3, -0.25) is 19.4 Å². The average Bonchev–Trinajstić information content (AvgIpc) is 2.56. The number of nitrogens with one attached hydrogen (secondary N) is 1. The Labute approximate surface area is 146 Å². The summed E-state index contributed by atoms with van der Waals surface area (Å²) in [6.45, 7) is 4.48. The zero-order chi connectivity index (χ0) is 17.4. The third-order valence-electron chi connectivity index (χ3n) is 3.77. The molecule has 1 heterocycles. The quantitative estimate of drug-likeness (QED) is 0.708. The van der Waals surface area contributed by atoms with Crippen molar-refractivity contribution in [3.63, 3.8) is 0 Å². The number of hydrogen-bond acceptors (Lipinski definition) is 5. The summed E-state index contributed by atoms with van der Waals surface area (Å²) in [6, 6.07) is 7.39. The second kappa shape index (κ2) is 9.46. The number of para-hydroxylation sites is 1. The van der Waals surface area contributed by atoms with E-state index in [1.54, 1.807) is 6.07 Å². The number of aliphatic carboxylic acids is 1. The van der Waals surface area contributed by atoms with Crippen LogP contribution in [0.5, 0.6) is 5.75 Å². The highest BCUT2D eigenvalue weighted by Gasteiger charge is 2.19. The van der Waals surface area contributed by atoms with Crippen LogP contribution >= 0.6 is 11.6 Å². The first-order chi connectivity index (χ1) is 11.5. The molecule has 24 heavy (non-hydrogen) atoms. The first kappa shape index (κ1) is 18.5. The minimum Gasteiger partial charge on any atom is -0.491 e. The van der Waals surface area contributed by atoms with Crippen LogP contribution < -0.4 is 10.1 Å². The van der Waals surface area contributed by atoms with Crippen LogP contribution in [-0.4, -0.2) is 79.2 Å². The highest BCUT2D eigenvalue weighted by molar-refractivity contribution is 6.32. The number of halogens is 1. The number of carboxylic acid groups (broad SMARTS) is 1. The maximum Gasteiger partial charge on any atom is 0.322 e. The number of ether oxygens (including phenoxy) is 1. The van der Waals surface area contributed by atoms with E-state index in [1.807, 2.05) is 23.1 Å². The summed E-state index contributed by atoms with van der Waals surface area (Å²) < 4.78 is 5.68. The summed E-state index contributed by atoms with van der Waals surface area (Å²) in [4.78, 5) is 26.3. The van der Waals surface area contributed by atoms with Gasteiger partial charge in [0.15, 0.2) is 0 Å². The fraction of sp³-hybridized carbons (Fsp3) is 0.500. The van der Waals surface area contributed by atoms with Crippen LogP contribution in [0.25, 0.3) is 0 Å². The zero-order valence-corrected chi connectivity index (χ0v) is 14.2. The van der Waals surface area contributed by atoms with Gasteiger partial charge in [-0.1, -0.05) is 23.7 Å². The van der Waals surface area contributed by atoms with Crippen LogP contribution in [0.4, 0.5) is 0 Å². The molecule has 1 saturated heterocycles. The summed E-state index contributed by atoms with van der Waals surface area (Å²) in [5.41, 5.74) is 0. The first-order valence-corrected chi connectivity index (χ1v) is 8.23. The molecule has 1 aliphatic rings. The van der Waals surface area contributed by atoms with E-state index in [0.29, 0.717) is 17.4 Å². The maximum atomic E-state index is 11.6. The van der Waals surface area contributed by atoms with Crippen molar-refractivity contribution in [2.24, 2.45) is 0 Å². The fourth-order valence-corrected chi connectivity index (χ4v) is 2.64. The number of piperazine rings is 1. The molecule has 1 fully saturated rings. The topological polar surface area (TPSA) is 82.1 Å². The first-order valence-electron chi connectivity index (χ1n) is 7.85.